The molecular formula is C46H49N5O4. The minimum atomic E-state index is -0.662. The number of hydrogen-bond donors (Lipinski definition) is 2. The number of phenolic OH excluding ortho intramolecular Hbond substituents is 1. The van der Waals surface area contributed by atoms with Crippen LogP contribution in [0.3, 0.4) is 0 Å². The fourth-order valence-electron chi connectivity index (χ4n) is 9.83. The Hall–Kier alpha value is -5.41. The largest absolute Gasteiger partial charge is 0.508 e. The number of pyridine rings is 1. The summed E-state index contributed by atoms with van der Waals surface area (Å²) in [5.74, 6) is 0.986. The Bertz CT molecular complexity index is 2250. The summed E-state index contributed by atoms with van der Waals surface area (Å²) in [4.78, 5) is 45.2. The lowest BCUT2D eigenvalue weighted by molar-refractivity contribution is -0.135. The van der Waals surface area contributed by atoms with E-state index in [0.717, 1.165) is 69.7 Å². The molecule has 2 amide bonds. The van der Waals surface area contributed by atoms with Gasteiger partial charge >= 0.3 is 0 Å². The number of piperidine rings is 2. The fraction of sp³-hybridized carbons (Fsp3) is 0.370. The Labute approximate surface area is 322 Å². The number of aryl methyl sites for hydroxylation is 1. The number of aromatic nitrogens is 1. The maximum atomic E-state index is 13.5. The summed E-state index contributed by atoms with van der Waals surface area (Å²) in [6, 6.07) is 33.3. The molecule has 0 bridgehead atoms. The smallest absolute Gasteiger partial charge is 0.259 e. The van der Waals surface area contributed by atoms with Crippen LogP contribution in [0.4, 0.5) is 11.4 Å². The third-order valence-electron chi connectivity index (χ3n) is 12.8. The number of piperazine rings is 1. The van der Waals surface area contributed by atoms with Gasteiger partial charge in [0.2, 0.25) is 11.8 Å². The molecule has 2 N–H and O–H groups in total. The Morgan fingerprint density at radius 2 is 1.45 bits per heavy atom. The Morgan fingerprint density at radius 1 is 0.673 bits per heavy atom. The van der Waals surface area contributed by atoms with Gasteiger partial charge in [-0.1, -0.05) is 54.6 Å². The van der Waals surface area contributed by atoms with Crippen LogP contribution in [0.25, 0.3) is 10.8 Å². The van der Waals surface area contributed by atoms with Gasteiger partial charge in [0, 0.05) is 86.5 Å². The third kappa shape index (κ3) is 7.02. The fourth-order valence-corrected chi connectivity index (χ4v) is 9.83. The van der Waals surface area contributed by atoms with Gasteiger partial charge in [-0.3, -0.25) is 24.6 Å². The number of hydrogen-bond acceptors (Lipinski definition) is 7. The first-order chi connectivity index (χ1) is 26.9. The molecule has 3 atom stereocenters. The van der Waals surface area contributed by atoms with Gasteiger partial charge in [0.1, 0.15) is 11.8 Å². The second-order valence-corrected chi connectivity index (χ2v) is 16.0. The van der Waals surface area contributed by atoms with Gasteiger partial charge in [-0.05, 0) is 109 Å². The molecule has 3 fully saturated rings. The molecule has 3 aliphatic heterocycles. The summed E-state index contributed by atoms with van der Waals surface area (Å²) in [7, 11) is 0. The number of anilines is 2. The van der Waals surface area contributed by atoms with Crippen molar-refractivity contribution in [1.29, 1.82) is 0 Å². The van der Waals surface area contributed by atoms with Gasteiger partial charge in [-0.15, -0.1) is 0 Å². The zero-order chi connectivity index (χ0) is 37.5. The number of fused-ring (bicyclic) bond motifs is 2. The Kier molecular flexibility index (Phi) is 9.64. The van der Waals surface area contributed by atoms with Crippen molar-refractivity contribution in [2.75, 3.05) is 55.6 Å². The van der Waals surface area contributed by atoms with E-state index in [9.17, 15) is 19.5 Å². The van der Waals surface area contributed by atoms with Crippen LogP contribution in [0.15, 0.2) is 108 Å². The molecule has 1 aromatic heterocycles. The standard InChI is InChI=1S/C46H49N5O4/c52-36-14-16-38-34(29-36)11-15-37(32-5-2-1-3-6-32)44(38)33-9-12-35(13-10-33)49-22-19-31(20-23-49)30-48-25-27-50(28-26-48)41-8-4-7-40-39(41)21-24-51(46(40)55)42-17-18-43(53)47-45(42)54/h1-10,12-14,16,21,24,29,31,37,42,44,52H,11,15,17-20,22-23,25-28,30H2,(H,47,53,54)/t37-,42+,44+/m1/s1. The molecule has 0 spiro atoms. The highest BCUT2D eigenvalue weighted by Crippen LogP contribution is 2.47. The number of nitrogens with one attached hydrogen (secondary N) is 1. The van der Waals surface area contributed by atoms with Crippen molar-refractivity contribution in [1.82, 2.24) is 14.8 Å². The molecule has 55 heavy (non-hydrogen) atoms. The molecule has 9 rings (SSSR count). The molecular weight excluding hydrogens is 687 g/mol. The average molecular weight is 736 g/mol. The molecule has 9 heteroatoms. The van der Waals surface area contributed by atoms with Crippen molar-refractivity contribution in [2.24, 2.45) is 5.92 Å². The molecule has 0 radical (unpaired) electrons. The van der Waals surface area contributed by atoms with E-state index >= 15 is 0 Å². The normalized spacial score (nSPS) is 22.4. The summed E-state index contributed by atoms with van der Waals surface area (Å²) >= 11 is 0. The lowest BCUT2D eigenvalue weighted by Crippen LogP contribution is -2.49. The number of rotatable bonds is 7. The third-order valence-corrected chi connectivity index (χ3v) is 12.8. The van der Waals surface area contributed by atoms with Crippen molar-refractivity contribution in [2.45, 2.75) is 56.4 Å². The van der Waals surface area contributed by atoms with Crippen LogP contribution < -0.4 is 20.7 Å². The van der Waals surface area contributed by atoms with E-state index in [1.165, 1.54) is 45.3 Å². The van der Waals surface area contributed by atoms with E-state index in [1.807, 2.05) is 30.3 Å². The summed E-state index contributed by atoms with van der Waals surface area (Å²) in [5.41, 5.74) is 7.48. The lowest BCUT2D eigenvalue weighted by atomic mass is 9.69. The average Bonchev–Trinajstić information content (AvgIpc) is 3.22. The number of nitrogens with zero attached hydrogens (tertiary/aromatic N) is 4. The molecule has 1 aliphatic carbocycles. The van der Waals surface area contributed by atoms with Crippen molar-refractivity contribution in [3.8, 4) is 5.75 Å². The molecule has 4 aromatic carbocycles. The number of imide groups is 1. The quantitative estimate of drug-likeness (QED) is 0.182. The topological polar surface area (TPSA) is 98.1 Å². The monoisotopic (exact) mass is 735 g/mol. The van der Waals surface area contributed by atoms with Gasteiger partial charge in [0.05, 0.1) is 0 Å². The number of amides is 2. The van der Waals surface area contributed by atoms with Crippen LogP contribution in [0.5, 0.6) is 5.75 Å². The van der Waals surface area contributed by atoms with E-state index in [-0.39, 0.29) is 23.8 Å². The zero-order valence-corrected chi connectivity index (χ0v) is 31.3. The second kappa shape index (κ2) is 15.0. The van der Waals surface area contributed by atoms with Crippen LogP contribution in [-0.4, -0.2) is 72.2 Å². The first-order valence-electron chi connectivity index (χ1n) is 20.1. The number of phenols is 1. The summed E-state index contributed by atoms with van der Waals surface area (Å²) in [5, 5.41) is 14.1. The number of carbonyl (C=O) groups excluding carboxylic acids is 2. The van der Waals surface area contributed by atoms with E-state index < -0.39 is 11.9 Å². The highest BCUT2D eigenvalue weighted by Gasteiger charge is 2.33. The summed E-state index contributed by atoms with van der Waals surface area (Å²) in [6.07, 6.45) is 6.69. The molecule has 0 unspecified atom stereocenters. The predicted octanol–water partition coefficient (Wildman–Crippen LogP) is 6.59. The van der Waals surface area contributed by atoms with Gasteiger partial charge in [0.15, 0.2) is 0 Å². The van der Waals surface area contributed by atoms with E-state index in [4.69, 9.17) is 0 Å². The SMILES string of the molecule is O=C1CC[C@H](n2ccc3c(N4CCN(CC5CCN(c6ccc([C@@H]7c8ccc(O)cc8CC[C@@H]7c7ccccc7)cc6)CC5)CC4)cccc3c2=O)C(=O)N1. The minimum absolute atomic E-state index is 0.191. The van der Waals surface area contributed by atoms with E-state index in [0.29, 0.717) is 29.4 Å². The Balaban J connectivity index is 0.809. The van der Waals surface area contributed by atoms with Crippen LogP contribution in [-0.2, 0) is 16.0 Å². The molecule has 5 aromatic rings. The molecule has 282 valence electrons. The maximum absolute atomic E-state index is 13.5. The van der Waals surface area contributed by atoms with E-state index in [2.05, 4.69) is 86.7 Å². The number of carbonyl (C=O) groups is 2. The highest BCUT2D eigenvalue weighted by atomic mass is 16.3. The van der Waals surface area contributed by atoms with Crippen LogP contribution >= 0.6 is 0 Å². The molecule has 3 saturated heterocycles. The van der Waals surface area contributed by atoms with Crippen molar-refractivity contribution in [3.63, 3.8) is 0 Å². The van der Waals surface area contributed by atoms with Crippen molar-refractivity contribution in [3.05, 3.63) is 136 Å². The van der Waals surface area contributed by atoms with Crippen LogP contribution in [0.2, 0.25) is 0 Å². The van der Waals surface area contributed by atoms with Gasteiger partial charge < -0.3 is 19.5 Å². The van der Waals surface area contributed by atoms with Crippen LogP contribution in [0, 0.1) is 5.92 Å². The zero-order valence-electron chi connectivity index (χ0n) is 31.3. The van der Waals surface area contributed by atoms with Gasteiger partial charge in [0.25, 0.3) is 5.56 Å². The molecule has 9 nitrogen and oxygen atoms in total. The highest BCUT2D eigenvalue weighted by molar-refractivity contribution is 6.00. The predicted molar refractivity (Wildman–Crippen MR) is 217 cm³/mol. The Morgan fingerprint density at radius 3 is 2.22 bits per heavy atom. The van der Waals surface area contributed by atoms with Gasteiger partial charge in [-0.2, -0.15) is 0 Å². The van der Waals surface area contributed by atoms with Crippen molar-refractivity contribution < 1.29 is 14.7 Å². The van der Waals surface area contributed by atoms with E-state index in [1.54, 1.807) is 6.20 Å². The molecule has 4 aliphatic rings. The van der Waals surface area contributed by atoms with Crippen LogP contribution in [0.1, 0.15) is 72.2 Å². The first-order valence-corrected chi connectivity index (χ1v) is 20.1. The summed E-state index contributed by atoms with van der Waals surface area (Å²) in [6.45, 7) is 7.02. The number of aromatic hydroxyl groups is 1. The molecule has 0 saturated carbocycles. The molecule has 4 heterocycles. The van der Waals surface area contributed by atoms with Crippen molar-refractivity contribution >= 4 is 34.0 Å². The van der Waals surface area contributed by atoms with Gasteiger partial charge in [-0.25, -0.2) is 0 Å². The maximum Gasteiger partial charge on any atom is 0.259 e. The minimum Gasteiger partial charge on any atom is -0.508 e. The second-order valence-electron chi connectivity index (χ2n) is 16.0. The number of benzene rings is 4. The lowest BCUT2D eigenvalue weighted by Gasteiger charge is -2.40. The summed E-state index contributed by atoms with van der Waals surface area (Å²) < 4.78 is 1.48. The first kappa shape index (κ1) is 35.3.